The van der Waals surface area contributed by atoms with Gasteiger partial charge in [0.25, 0.3) is 23.3 Å². The van der Waals surface area contributed by atoms with E-state index in [1.165, 1.54) is 19.3 Å². The molecule has 57 heavy (non-hydrogen) atoms. The summed E-state index contributed by atoms with van der Waals surface area (Å²) in [6, 6.07) is 10.9. The molecule has 2 saturated heterocycles. The Bertz CT molecular complexity index is 2330. The molecule has 5 heterocycles. The van der Waals surface area contributed by atoms with Crippen LogP contribution in [0.1, 0.15) is 46.4 Å². The molecule has 3 aliphatic heterocycles. The highest BCUT2D eigenvalue weighted by molar-refractivity contribution is 6.33. The van der Waals surface area contributed by atoms with Crippen LogP contribution < -0.4 is 35.9 Å². The minimum atomic E-state index is -1.07. The van der Waals surface area contributed by atoms with Gasteiger partial charge in [-0.15, -0.1) is 0 Å². The Labute approximate surface area is 332 Å². The summed E-state index contributed by atoms with van der Waals surface area (Å²) in [5, 5.41) is 8.99. The van der Waals surface area contributed by atoms with Gasteiger partial charge in [0.2, 0.25) is 17.8 Å². The van der Waals surface area contributed by atoms with Crippen LogP contribution in [-0.4, -0.2) is 114 Å². The average Bonchev–Trinajstić information content (AvgIpc) is 3.45. The number of aromatic nitrogens is 3. The predicted molar refractivity (Wildman–Crippen MR) is 210 cm³/mol. The molecule has 2 aromatic carbocycles. The summed E-state index contributed by atoms with van der Waals surface area (Å²) in [6.07, 6.45) is 3.28. The van der Waals surface area contributed by atoms with E-state index in [-0.39, 0.29) is 66.1 Å². The number of amides is 5. The van der Waals surface area contributed by atoms with Crippen molar-refractivity contribution in [1.29, 1.82) is 0 Å². The smallest absolute Gasteiger partial charge is 0.293 e. The third kappa shape index (κ3) is 8.25. The summed E-state index contributed by atoms with van der Waals surface area (Å²) in [5.41, 5.74) is 1.26. The lowest BCUT2D eigenvalue weighted by atomic mass is 9.99. The number of nitrogens with zero attached hydrogens (tertiary/aromatic N) is 6. The van der Waals surface area contributed by atoms with Gasteiger partial charge in [-0.2, -0.15) is 4.98 Å². The number of hydrogen-bond acceptors (Lipinski definition) is 13. The Morgan fingerprint density at radius 3 is 2.63 bits per heavy atom. The number of likely N-dealkylation sites (N-methyl/N-ethyl adjacent to an activating group) is 2. The second-order valence-corrected chi connectivity index (χ2v) is 14.8. The van der Waals surface area contributed by atoms with Gasteiger partial charge in [-0.1, -0.05) is 17.7 Å². The summed E-state index contributed by atoms with van der Waals surface area (Å²) in [5.74, 6) is -1.53. The van der Waals surface area contributed by atoms with E-state index in [1.807, 2.05) is 42.1 Å². The van der Waals surface area contributed by atoms with Gasteiger partial charge in [0.15, 0.2) is 18.2 Å². The summed E-state index contributed by atoms with van der Waals surface area (Å²) in [4.78, 5) is 90.5. The molecule has 0 aliphatic carbocycles. The molecule has 298 valence electrons. The summed E-state index contributed by atoms with van der Waals surface area (Å²) >= 11 is 6.59. The molecule has 0 saturated carbocycles. The van der Waals surface area contributed by atoms with Crippen LogP contribution in [0.3, 0.4) is 0 Å². The third-order valence-corrected chi connectivity index (χ3v) is 10.4. The zero-order valence-electron chi connectivity index (χ0n) is 31.7. The maximum absolute atomic E-state index is 13.5. The van der Waals surface area contributed by atoms with Crippen molar-refractivity contribution in [2.24, 2.45) is 5.92 Å². The number of fused-ring (bicyclic) bond motifs is 2. The first-order valence-electron chi connectivity index (χ1n) is 18.6. The highest BCUT2D eigenvalue weighted by atomic mass is 35.5. The number of piperidine rings is 2. The van der Waals surface area contributed by atoms with Crippen molar-refractivity contribution in [3.05, 3.63) is 75.2 Å². The van der Waals surface area contributed by atoms with Crippen molar-refractivity contribution in [1.82, 2.24) is 35.0 Å². The molecule has 7 rings (SSSR count). The number of hydrogen-bond donors (Lipinski definition) is 3. The highest BCUT2D eigenvalue weighted by Crippen LogP contribution is 2.35. The maximum Gasteiger partial charge on any atom is 0.293 e. The van der Waals surface area contributed by atoms with Crippen LogP contribution in [0, 0.1) is 5.92 Å². The largest absolute Gasteiger partial charge is 0.492 e. The molecule has 1 unspecified atom stereocenters. The number of carbonyl (C=O) groups is 5. The first-order chi connectivity index (χ1) is 27.4. The number of nitrogens with one attached hydrogen (secondary N) is 3. The minimum Gasteiger partial charge on any atom is -0.492 e. The quantitative estimate of drug-likeness (QED) is 0.167. The van der Waals surface area contributed by atoms with Crippen molar-refractivity contribution in [3.63, 3.8) is 0 Å². The van der Waals surface area contributed by atoms with Crippen molar-refractivity contribution < 1.29 is 33.4 Å². The number of benzene rings is 2. The van der Waals surface area contributed by atoms with Crippen molar-refractivity contribution >= 4 is 69.5 Å². The van der Waals surface area contributed by atoms with E-state index < -0.39 is 29.7 Å². The van der Waals surface area contributed by atoms with Gasteiger partial charge in [0.1, 0.15) is 16.8 Å². The van der Waals surface area contributed by atoms with E-state index in [2.05, 4.69) is 20.9 Å². The van der Waals surface area contributed by atoms with Crippen LogP contribution in [0.25, 0.3) is 10.9 Å². The van der Waals surface area contributed by atoms with Crippen LogP contribution >= 0.6 is 11.6 Å². The fraction of sp³-hybridized carbons (Fsp3) is 0.385. The maximum atomic E-state index is 13.5. The summed E-state index contributed by atoms with van der Waals surface area (Å²) in [7, 11) is 5.33. The van der Waals surface area contributed by atoms with Crippen LogP contribution in [0.4, 0.5) is 17.5 Å². The molecule has 3 N–H and O–H groups in total. The van der Waals surface area contributed by atoms with Crippen LogP contribution in [0.15, 0.2) is 53.5 Å². The molecule has 5 amide bonds. The Kier molecular flexibility index (Phi) is 11.4. The van der Waals surface area contributed by atoms with Gasteiger partial charge in [0.05, 0.1) is 29.4 Å². The molecule has 2 atom stereocenters. The molecule has 2 aromatic heterocycles. The standard InChI is InChI=1S/C39H42ClN9O8/c1-41-32(51)21-57-30-17-23-16-24(9-10-27(23)48(37(30)54)15-14-46(2)3)43-34-26(40)18-42-39(45-34)47-13-5-6-22(19-47)20-56-29-8-4-7-25-33(29)38(55)49(36(25)53)28-11-12-31(50)44-35(28)52/h4,7-10,16-18,22,28H,5-6,11-15,19-21H2,1-3H3,(H,41,51)(H,42,43,45)(H,44,50,52)/t22-,28?/m0/s1. The second kappa shape index (κ2) is 16.6. The lowest BCUT2D eigenvalue weighted by Crippen LogP contribution is -2.54. The van der Waals surface area contributed by atoms with E-state index in [0.717, 1.165) is 17.7 Å². The number of anilines is 3. The van der Waals surface area contributed by atoms with Gasteiger partial charge in [-0.25, -0.2) is 4.98 Å². The molecule has 0 spiro atoms. The van der Waals surface area contributed by atoms with Gasteiger partial charge in [-0.3, -0.25) is 39.0 Å². The molecule has 18 heteroatoms. The Hall–Kier alpha value is -6.07. The van der Waals surface area contributed by atoms with E-state index in [9.17, 15) is 28.8 Å². The van der Waals surface area contributed by atoms with E-state index in [4.69, 9.17) is 26.1 Å². The van der Waals surface area contributed by atoms with Crippen molar-refractivity contribution in [2.45, 2.75) is 38.3 Å². The molecular formula is C39H42ClN9O8. The lowest BCUT2D eigenvalue weighted by Gasteiger charge is -2.33. The highest BCUT2D eigenvalue weighted by Gasteiger charge is 2.46. The first kappa shape index (κ1) is 39.2. The SMILES string of the molecule is CNC(=O)COc1cc2cc(Nc3nc(N4CCC[C@H](COc5cccc6c5C(=O)N(C5CCC(=O)NC5=O)C6=O)C4)ncc3Cl)ccc2n(CCN(C)C)c1=O. The number of imide groups is 2. The molecule has 4 aromatic rings. The molecule has 0 radical (unpaired) electrons. The van der Waals surface area contributed by atoms with Crippen molar-refractivity contribution in [3.8, 4) is 11.5 Å². The fourth-order valence-electron chi connectivity index (χ4n) is 7.21. The fourth-order valence-corrected chi connectivity index (χ4v) is 7.35. The van der Waals surface area contributed by atoms with Crippen LogP contribution in [0.5, 0.6) is 11.5 Å². The lowest BCUT2D eigenvalue weighted by molar-refractivity contribution is -0.136. The minimum absolute atomic E-state index is 0.0224. The summed E-state index contributed by atoms with van der Waals surface area (Å²) < 4.78 is 13.5. The Balaban J connectivity index is 1.05. The number of pyridine rings is 1. The third-order valence-electron chi connectivity index (χ3n) is 10.2. The zero-order chi connectivity index (χ0) is 40.4. The van der Waals surface area contributed by atoms with Gasteiger partial charge < -0.3 is 34.5 Å². The predicted octanol–water partition coefficient (Wildman–Crippen LogP) is 2.57. The van der Waals surface area contributed by atoms with Crippen LogP contribution in [-0.2, 0) is 20.9 Å². The number of halogens is 1. The monoisotopic (exact) mass is 799 g/mol. The van der Waals surface area contributed by atoms with E-state index in [1.54, 1.807) is 22.8 Å². The topological polar surface area (TPSA) is 197 Å². The number of ether oxygens (including phenoxy) is 2. The second-order valence-electron chi connectivity index (χ2n) is 14.4. The van der Waals surface area contributed by atoms with Crippen molar-refractivity contribution in [2.75, 3.05) is 64.2 Å². The summed E-state index contributed by atoms with van der Waals surface area (Å²) in [6.45, 7) is 2.19. The molecule has 3 aliphatic rings. The van der Waals surface area contributed by atoms with Crippen LogP contribution in [0.2, 0.25) is 5.02 Å². The van der Waals surface area contributed by atoms with E-state index in [0.29, 0.717) is 59.6 Å². The zero-order valence-corrected chi connectivity index (χ0v) is 32.4. The molecule has 2 fully saturated rings. The Morgan fingerprint density at radius 2 is 1.86 bits per heavy atom. The van der Waals surface area contributed by atoms with Gasteiger partial charge in [-0.05, 0) is 69.8 Å². The normalized spacial score (nSPS) is 18.2. The number of rotatable bonds is 13. The molecule has 17 nitrogen and oxygen atoms in total. The molecular weight excluding hydrogens is 758 g/mol. The molecule has 0 bridgehead atoms. The number of carbonyl (C=O) groups excluding carboxylic acids is 5. The first-order valence-corrected chi connectivity index (χ1v) is 19.0. The average molecular weight is 800 g/mol. The van der Waals surface area contributed by atoms with Gasteiger partial charge >= 0.3 is 0 Å². The van der Waals surface area contributed by atoms with E-state index >= 15 is 0 Å². The van der Waals surface area contributed by atoms with Gasteiger partial charge in [0, 0.05) is 56.6 Å². The Morgan fingerprint density at radius 1 is 1.04 bits per heavy atom.